The van der Waals surface area contributed by atoms with Crippen molar-refractivity contribution < 1.29 is 19.2 Å². The molecule has 1 heterocycles. The minimum atomic E-state index is -0.292. The number of carbonyl (C=O) groups excluding carboxylic acids is 2. The number of carbonyl (C=O) groups is 2. The number of hydrogen-bond donors (Lipinski definition) is 3. The second-order valence-corrected chi connectivity index (χ2v) is 7.56. The average Bonchev–Trinajstić information content (AvgIpc) is 2.78. The van der Waals surface area contributed by atoms with Crippen LogP contribution in [0, 0.1) is 6.92 Å². The molecule has 0 aromatic heterocycles. The van der Waals surface area contributed by atoms with E-state index in [4.69, 9.17) is 4.74 Å². The smallest absolute Gasteiger partial charge is 0.244 e. The summed E-state index contributed by atoms with van der Waals surface area (Å²) in [4.78, 5) is 26.0. The maximum Gasteiger partial charge on any atom is 0.244 e. The molecule has 1 fully saturated rings. The highest BCUT2D eigenvalue weighted by molar-refractivity contribution is 5.94. The molecular formula is C24H30N3O3+. The van der Waals surface area contributed by atoms with Crippen molar-refractivity contribution in [1.82, 2.24) is 10.6 Å². The molecule has 0 radical (unpaired) electrons. The fraction of sp³-hybridized carbons (Fsp3) is 0.333. The summed E-state index contributed by atoms with van der Waals surface area (Å²) in [6.45, 7) is 6.13. The zero-order valence-corrected chi connectivity index (χ0v) is 17.4. The molecule has 1 atom stereocenters. The molecule has 0 spiro atoms. The molecular weight excluding hydrogens is 378 g/mol. The Morgan fingerprint density at radius 1 is 1.07 bits per heavy atom. The van der Waals surface area contributed by atoms with Gasteiger partial charge in [0.2, 0.25) is 11.8 Å². The van der Waals surface area contributed by atoms with Crippen LogP contribution in [0.1, 0.15) is 22.7 Å². The quantitative estimate of drug-likeness (QED) is 0.569. The highest BCUT2D eigenvalue weighted by atomic mass is 16.5. The van der Waals surface area contributed by atoms with Crippen LogP contribution in [-0.2, 0) is 14.3 Å². The lowest BCUT2D eigenvalue weighted by molar-refractivity contribution is -0.909. The summed E-state index contributed by atoms with van der Waals surface area (Å²) in [6.07, 6.45) is 3.17. The molecule has 3 N–H and O–H groups in total. The number of morpholine rings is 1. The van der Waals surface area contributed by atoms with Crippen LogP contribution >= 0.6 is 0 Å². The number of amides is 2. The molecule has 1 saturated heterocycles. The largest absolute Gasteiger partial charge is 0.370 e. The van der Waals surface area contributed by atoms with Gasteiger partial charge in [-0.2, -0.15) is 0 Å². The Labute approximate surface area is 177 Å². The minimum absolute atomic E-state index is 0.0568. The number of ether oxygens (including phenoxy) is 1. The van der Waals surface area contributed by atoms with Crippen LogP contribution in [0.3, 0.4) is 0 Å². The van der Waals surface area contributed by atoms with E-state index in [1.165, 1.54) is 16.5 Å². The van der Waals surface area contributed by atoms with Crippen LogP contribution in [0.5, 0.6) is 0 Å². The molecule has 6 heteroatoms. The molecule has 3 rings (SSSR count). The van der Waals surface area contributed by atoms with Gasteiger partial charge in [-0.1, -0.05) is 60.2 Å². The molecule has 1 aliphatic rings. The van der Waals surface area contributed by atoms with Crippen molar-refractivity contribution in [2.75, 3.05) is 39.4 Å². The van der Waals surface area contributed by atoms with Gasteiger partial charge in [0.15, 0.2) is 0 Å². The third kappa shape index (κ3) is 7.13. The van der Waals surface area contributed by atoms with E-state index in [9.17, 15) is 9.59 Å². The monoisotopic (exact) mass is 408 g/mol. The Morgan fingerprint density at radius 2 is 1.77 bits per heavy atom. The molecule has 0 saturated carbocycles. The van der Waals surface area contributed by atoms with Crippen molar-refractivity contribution in [3.05, 3.63) is 77.4 Å². The molecule has 0 bridgehead atoms. The third-order valence-electron chi connectivity index (χ3n) is 5.16. The number of nitrogens with one attached hydrogen (secondary N) is 3. The molecule has 1 aliphatic heterocycles. The van der Waals surface area contributed by atoms with Crippen molar-refractivity contribution in [2.45, 2.75) is 13.0 Å². The lowest BCUT2D eigenvalue weighted by Crippen LogP contribution is -3.14. The summed E-state index contributed by atoms with van der Waals surface area (Å²) in [5.74, 6) is -0.491. The highest BCUT2D eigenvalue weighted by Gasteiger charge is 2.23. The first-order valence-corrected chi connectivity index (χ1v) is 10.4. The molecule has 0 unspecified atom stereocenters. The minimum Gasteiger partial charge on any atom is -0.370 e. The van der Waals surface area contributed by atoms with Gasteiger partial charge in [-0.3, -0.25) is 9.59 Å². The second kappa shape index (κ2) is 11.3. The summed E-state index contributed by atoms with van der Waals surface area (Å²) in [6, 6.07) is 17.7. The first-order valence-electron chi connectivity index (χ1n) is 10.4. The summed E-state index contributed by atoms with van der Waals surface area (Å²) >= 11 is 0. The number of benzene rings is 2. The number of aryl methyl sites for hydroxylation is 1. The molecule has 0 aliphatic carbocycles. The Morgan fingerprint density at radius 3 is 2.47 bits per heavy atom. The van der Waals surface area contributed by atoms with E-state index in [1.807, 2.05) is 37.3 Å². The first kappa shape index (κ1) is 21.7. The molecule has 2 aromatic carbocycles. The lowest BCUT2D eigenvalue weighted by Gasteiger charge is -2.28. The van der Waals surface area contributed by atoms with Gasteiger partial charge in [-0.15, -0.1) is 0 Å². The van der Waals surface area contributed by atoms with Gasteiger partial charge in [0, 0.05) is 6.08 Å². The Hall–Kier alpha value is -2.96. The van der Waals surface area contributed by atoms with Gasteiger partial charge in [0.05, 0.1) is 19.8 Å². The zero-order chi connectivity index (χ0) is 21.2. The van der Waals surface area contributed by atoms with Gasteiger partial charge < -0.3 is 20.3 Å². The Kier molecular flexibility index (Phi) is 8.18. The predicted octanol–water partition coefficient (Wildman–Crippen LogP) is 0.897. The van der Waals surface area contributed by atoms with Crippen LogP contribution in [0.2, 0.25) is 0 Å². The Balaban J connectivity index is 1.54. The van der Waals surface area contributed by atoms with E-state index >= 15 is 0 Å². The molecule has 158 valence electrons. The summed E-state index contributed by atoms with van der Waals surface area (Å²) < 4.78 is 5.44. The maximum absolute atomic E-state index is 12.5. The standard InChI is InChI=1S/C24H29N3O3/c1-19-7-10-21(11-8-19)22(18-27-13-15-30-16-14-27)26-24(29)17-25-23(28)12-9-20-5-3-2-4-6-20/h2-12,22H,13-18H2,1H3,(H,25,28)(H,26,29)/p+1/b12-9+/t22-/m1/s1. The predicted molar refractivity (Wildman–Crippen MR) is 117 cm³/mol. The number of quaternary nitrogens is 1. The summed E-state index contributed by atoms with van der Waals surface area (Å²) in [7, 11) is 0. The van der Waals surface area contributed by atoms with Gasteiger partial charge in [0.1, 0.15) is 25.7 Å². The van der Waals surface area contributed by atoms with Crippen LogP contribution in [-0.4, -0.2) is 51.2 Å². The van der Waals surface area contributed by atoms with E-state index in [0.717, 1.165) is 44.0 Å². The van der Waals surface area contributed by atoms with Gasteiger partial charge in [0.25, 0.3) is 0 Å². The van der Waals surface area contributed by atoms with Crippen molar-refractivity contribution in [1.29, 1.82) is 0 Å². The maximum atomic E-state index is 12.5. The van der Waals surface area contributed by atoms with E-state index in [2.05, 4.69) is 34.9 Å². The van der Waals surface area contributed by atoms with Gasteiger partial charge in [-0.25, -0.2) is 0 Å². The van der Waals surface area contributed by atoms with Crippen LogP contribution in [0.4, 0.5) is 0 Å². The van der Waals surface area contributed by atoms with Gasteiger partial charge >= 0.3 is 0 Å². The fourth-order valence-electron chi connectivity index (χ4n) is 3.41. The summed E-state index contributed by atoms with van der Waals surface area (Å²) in [5.41, 5.74) is 3.19. The van der Waals surface area contributed by atoms with Crippen molar-refractivity contribution in [2.24, 2.45) is 0 Å². The van der Waals surface area contributed by atoms with E-state index in [1.54, 1.807) is 6.08 Å². The van der Waals surface area contributed by atoms with E-state index < -0.39 is 0 Å². The molecule has 2 amide bonds. The number of hydrogen-bond acceptors (Lipinski definition) is 3. The van der Waals surface area contributed by atoms with E-state index in [0.29, 0.717) is 0 Å². The van der Waals surface area contributed by atoms with Crippen molar-refractivity contribution in [3.63, 3.8) is 0 Å². The lowest BCUT2D eigenvalue weighted by atomic mass is 10.0. The topological polar surface area (TPSA) is 71.9 Å². The molecule has 30 heavy (non-hydrogen) atoms. The van der Waals surface area contributed by atoms with Crippen LogP contribution in [0.25, 0.3) is 6.08 Å². The molecule has 6 nitrogen and oxygen atoms in total. The second-order valence-electron chi connectivity index (χ2n) is 7.56. The summed E-state index contributed by atoms with van der Waals surface area (Å²) in [5, 5.41) is 5.75. The van der Waals surface area contributed by atoms with Crippen LogP contribution in [0.15, 0.2) is 60.7 Å². The molecule has 2 aromatic rings. The fourth-order valence-corrected chi connectivity index (χ4v) is 3.41. The third-order valence-corrected chi connectivity index (χ3v) is 5.16. The van der Waals surface area contributed by atoms with E-state index in [-0.39, 0.29) is 24.4 Å². The highest BCUT2D eigenvalue weighted by Crippen LogP contribution is 2.12. The van der Waals surface area contributed by atoms with Crippen molar-refractivity contribution in [3.8, 4) is 0 Å². The first-order chi connectivity index (χ1) is 14.6. The van der Waals surface area contributed by atoms with Crippen LogP contribution < -0.4 is 15.5 Å². The number of rotatable bonds is 8. The normalized spacial score (nSPS) is 15.6. The zero-order valence-electron chi connectivity index (χ0n) is 17.4. The Bertz CT molecular complexity index is 844. The average molecular weight is 409 g/mol. The van der Waals surface area contributed by atoms with Gasteiger partial charge in [-0.05, 0) is 24.1 Å². The van der Waals surface area contributed by atoms with Crippen molar-refractivity contribution >= 4 is 17.9 Å². The SMILES string of the molecule is Cc1ccc([C@@H](C[NH+]2CCOCC2)NC(=O)CNC(=O)/C=C/c2ccccc2)cc1.